The van der Waals surface area contributed by atoms with Crippen LogP contribution in [0.25, 0.3) is 0 Å². The lowest BCUT2D eigenvalue weighted by atomic mass is 9.78. The zero-order chi connectivity index (χ0) is 21.4. The Labute approximate surface area is 176 Å². The van der Waals surface area contributed by atoms with Crippen molar-refractivity contribution in [1.82, 2.24) is 0 Å². The molecular formula is C25H40O4. The molecule has 2 N–H and O–H groups in total. The summed E-state index contributed by atoms with van der Waals surface area (Å²) in [6, 6.07) is 10.0. The van der Waals surface area contributed by atoms with Crippen LogP contribution in [0.2, 0.25) is 0 Å². The number of rotatable bonds is 18. The van der Waals surface area contributed by atoms with Crippen molar-refractivity contribution >= 4 is 11.9 Å². The number of aliphatic carboxylic acids is 2. The van der Waals surface area contributed by atoms with E-state index < -0.39 is 17.4 Å². The van der Waals surface area contributed by atoms with E-state index in [1.54, 1.807) is 0 Å². The minimum Gasteiger partial charge on any atom is -0.480 e. The number of carbonyl (C=O) groups is 2. The molecule has 0 fully saturated rings. The Kier molecular flexibility index (Phi) is 13.1. The molecule has 0 aliphatic heterocycles. The minimum atomic E-state index is -1.63. The molecule has 0 saturated heterocycles. The number of unbranched alkanes of at least 4 members (excludes halogenated alkanes) is 10. The van der Waals surface area contributed by atoms with Crippen molar-refractivity contribution in [2.24, 2.45) is 5.41 Å². The van der Waals surface area contributed by atoms with Gasteiger partial charge in [0.15, 0.2) is 5.41 Å². The van der Waals surface area contributed by atoms with Crippen LogP contribution in [-0.2, 0) is 16.0 Å². The monoisotopic (exact) mass is 404 g/mol. The Bertz CT molecular complexity index is 553. The van der Waals surface area contributed by atoms with Crippen molar-refractivity contribution in [1.29, 1.82) is 0 Å². The molecular weight excluding hydrogens is 364 g/mol. The Balaban J connectivity index is 2.31. The summed E-state index contributed by atoms with van der Waals surface area (Å²) in [6.45, 7) is 2.22. The highest BCUT2D eigenvalue weighted by molar-refractivity contribution is 5.98. The number of carboxylic acid groups (broad SMARTS) is 2. The maximum Gasteiger partial charge on any atom is 0.321 e. The Hall–Kier alpha value is -1.84. The maximum atomic E-state index is 11.8. The molecule has 0 spiro atoms. The summed E-state index contributed by atoms with van der Waals surface area (Å²) in [5, 5.41) is 19.3. The fourth-order valence-corrected chi connectivity index (χ4v) is 3.96. The quantitative estimate of drug-likeness (QED) is 0.207. The summed E-state index contributed by atoms with van der Waals surface area (Å²) >= 11 is 0. The van der Waals surface area contributed by atoms with Gasteiger partial charge in [-0.2, -0.15) is 0 Å². The van der Waals surface area contributed by atoms with E-state index in [2.05, 4.69) is 6.92 Å². The average molecular weight is 405 g/mol. The molecule has 1 aromatic rings. The van der Waals surface area contributed by atoms with Crippen LogP contribution in [0.3, 0.4) is 0 Å². The summed E-state index contributed by atoms with van der Waals surface area (Å²) in [5.41, 5.74) is -0.421. The van der Waals surface area contributed by atoms with Crippen LogP contribution in [0.4, 0.5) is 0 Å². The maximum absolute atomic E-state index is 11.8. The highest BCUT2D eigenvalue weighted by Gasteiger charge is 2.45. The lowest BCUT2D eigenvalue weighted by molar-refractivity contribution is -0.166. The molecule has 0 aliphatic rings. The first kappa shape index (κ1) is 25.2. The largest absolute Gasteiger partial charge is 0.480 e. The van der Waals surface area contributed by atoms with Crippen molar-refractivity contribution in [3.05, 3.63) is 35.9 Å². The third-order valence-corrected chi connectivity index (χ3v) is 5.94. The van der Waals surface area contributed by atoms with Gasteiger partial charge in [0.05, 0.1) is 0 Å². The van der Waals surface area contributed by atoms with Crippen LogP contribution in [0, 0.1) is 5.41 Å². The standard InChI is InChI=1S/C25H40O4/c1-2-3-4-5-6-7-8-9-10-15-20-25(23(26)27,24(28)29)21-16-14-19-22-17-12-11-13-18-22/h11-13,17-18H,2-10,14-16,19-21H2,1H3,(H,26,27)(H,28,29). The highest BCUT2D eigenvalue weighted by Crippen LogP contribution is 2.33. The first-order chi connectivity index (χ1) is 14.0. The van der Waals surface area contributed by atoms with Crippen LogP contribution >= 0.6 is 0 Å². The van der Waals surface area contributed by atoms with Crippen molar-refractivity contribution in [3.63, 3.8) is 0 Å². The molecule has 0 amide bonds. The fourth-order valence-electron chi connectivity index (χ4n) is 3.96. The van der Waals surface area contributed by atoms with Gasteiger partial charge in [-0.05, 0) is 31.2 Å². The van der Waals surface area contributed by atoms with Crippen LogP contribution < -0.4 is 0 Å². The van der Waals surface area contributed by atoms with Crippen molar-refractivity contribution < 1.29 is 19.8 Å². The van der Waals surface area contributed by atoms with E-state index in [4.69, 9.17) is 0 Å². The lowest BCUT2D eigenvalue weighted by Gasteiger charge is -2.25. The molecule has 0 heterocycles. The number of hydrogen-bond acceptors (Lipinski definition) is 2. The molecule has 4 heteroatoms. The molecule has 0 bridgehead atoms. The van der Waals surface area contributed by atoms with E-state index in [1.807, 2.05) is 30.3 Å². The van der Waals surface area contributed by atoms with Gasteiger partial charge in [0.2, 0.25) is 0 Å². The molecule has 0 saturated carbocycles. The van der Waals surface area contributed by atoms with Gasteiger partial charge in [0, 0.05) is 0 Å². The van der Waals surface area contributed by atoms with Crippen LogP contribution in [0.15, 0.2) is 30.3 Å². The van der Waals surface area contributed by atoms with Crippen molar-refractivity contribution in [3.8, 4) is 0 Å². The molecule has 0 radical (unpaired) electrons. The summed E-state index contributed by atoms with van der Waals surface area (Å²) < 4.78 is 0. The van der Waals surface area contributed by atoms with Gasteiger partial charge in [0.25, 0.3) is 0 Å². The molecule has 29 heavy (non-hydrogen) atoms. The predicted octanol–water partition coefficient (Wildman–Crippen LogP) is 6.87. The average Bonchev–Trinajstić information content (AvgIpc) is 2.71. The van der Waals surface area contributed by atoms with Gasteiger partial charge in [-0.25, -0.2) is 0 Å². The Morgan fingerprint density at radius 1 is 0.690 bits per heavy atom. The second-order valence-corrected chi connectivity index (χ2v) is 8.32. The lowest BCUT2D eigenvalue weighted by Crippen LogP contribution is -2.39. The van der Waals surface area contributed by atoms with Crippen molar-refractivity contribution in [2.75, 3.05) is 0 Å². The summed E-state index contributed by atoms with van der Waals surface area (Å²) in [4.78, 5) is 23.7. The topological polar surface area (TPSA) is 74.6 Å². The normalized spacial score (nSPS) is 11.5. The molecule has 1 aromatic carbocycles. The van der Waals surface area contributed by atoms with E-state index in [1.165, 1.54) is 44.1 Å². The molecule has 164 valence electrons. The molecule has 0 aromatic heterocycles. The Morgan fingerprint density at radius 3 is 1.62 bits per heavy atom. The minimum absolute atomic E-state index is 0.210. The van der Waals surface area contributed by atoms with E-state index in [9.17, 15) is 19.8 Å². The van der Waals surface area contributed by atoms with Crippen molar-refractivity contribution in [2.45, 2.75) is 103 Å². The van der Waals surface area contributed by atoms with Gasteiger partial charge in [-0.3, -0.25) is 9.59 Å². The third-order valence-electron chi connectivity index (χ3n) is 5.94. The molecule has 0 aliphatic carbocycles. The zero-order valence-electron chi connectivity index (χ0n) is 18.2. The molecule has 1 rings (SSSR count). The molecule has 4 nitrogen and oxygen atoms in total. The predicted molar refractivity (Wildman–Crippen MR) is 118 cm³/mol. The summed E-state index contributed by atoms with van der Waals surface area (Å²) in [7, 11) is 0. The van der Waals surface area contributed by atoms with Gasteiger partial charge in [-0.15, -0.1) is 0 Å². The third kappa shape index (κ3) is 9.96. The van der Waals surface area contributed by atoms with E-state index in [-0.39, 0.29) is 12.8 Å². The zero-order valence-corrected chi connectivity index (χ0v) is 18.2. The van der Waals surface area contributed by atoms with Crippen LogP contribution in [0.5, 0.6) is 0 Å². The fraction of sp³-hybridized carbons (Fsp3) is 0.680. The smallest absolute Gasteiger partial charge is 0.321 e. The second kappa shape index (κ2) is 15.1. The van der Waals surface area contributed by atoms with E-state index in [0.29, 0.717) is 12.8 Å². The SMILES string of the molecule is CCCCCCCCCCCCC(CCCCc1ccccc1)(C(=O)O)C(=O)O. The number of benzene rings is 1. The summed E-state index contributed by atoms with van der Waals surface area (Å²) in [6.07, 6.45) is 14.3. The van der Waals surface area contributed by atoms with Crippen LogP contribution in [0.1, 0.15) is 102 Å². The van der Waals surface area contributed by atoms with Gasteiger partial charge in [0.1, 0.15) is 0 Å². The number of carboxylic acids is 2. The van der Waals surface area contributed by atoms with E-state index in [0.717, 1.165) is 32.1 Å². The number of hydrogen-bond donors (Lipinski definition) is 2. The summed E-state index contributed by atoms with van der Waals surface area (Å²) in [5.74, 6) is -2.36. The van der Waals surface area contributed by atoms with Gasteiger partial charge < -0.3 is 10.2 Å². The van der Waals surface area contributed by atoms with Crippen LogP contribution in [-0.4, -0.2) is 22.2 Å². The second-order valence-electron chi connectivity index (χ2n) is 8.32. The van der Waals surface area contributed by atoms with Gasteiger partial charge in [-0.1, -0.05) is 108 Å². The molecule has 0 atom stereocenters. The molecule has 0 unspecified atom stereocenters. The van der Waals surface area contributed by atoms with E-state index >= 15 is 0 Å². The first-order valence-electron chi connectivity index (χ1n) is 11.5. The Morgan fingerprint density at radius 2 is 1.14 bits per heavy atom. The highest BCUT2D eigenvalue weighted by atomic mass is 16.4. The first-order valence-corrected chi connectivity index (χ1v) is 11.5. The van der Waals surface area contributed by atoms with Gasteiger partial charge >= 0.3 is 11.9 Å². The number of aryl methyl sites for hydroxylation is 1.